The van der Waals surface area contributed by atoms with Crippen LogP contribution in [0.25, 0.3) is 0 Å². The van der Waals surface area contributed by atoms with Gasteiger partial charge >= 0.3 is 0 Å². The lowest BCUT2D eigenvalue weighted by Crippen LogP contribution is -2.60. The van der Waals surface area contributed by atoms with Crippen molar-refractivity contribution in [3.05, 3.63) is 0 Å². The van der Waals surface area contributed by atoms with Gasteiger partial charge in [0.2, 0.25) is 0 Å². The minimum atomic E-state index is -0.546. The average molecular weight is 197 g/mol. The van der Waals surface area contributed by atoms with Gasteiger partial charge in [0.15, 0.2) is 0 Å². The second-order valence-corrected chi connectivity index (χ2v) is 5.58. The molecule has 0 bridgehead atoms. The van der Waals surface area contributed by atoms with Crippen molar-refractivity contribution in [3.63, 3.8) is 0 Å². The van der Waals surface area contributed by atoms with Gasteiger partial charge in [-0.05, 0) is 44.4 Å². The molecule has 0 atom stereocenters. The molecule has 2 fully saturated rings. The predicted molar refractivity (Wildman–Crippen MR) is 58.0 cm³/mol. The number of hydrogen-bond acceptors (Lipinski definition) is 2. The normalized spacial score (nSPS) is 42.6. The second kappa shape index (κ2) is 3.49. The highest BCUT2D eigenvalue weighted by molar-refractivity contribution is 5.07. The van der Waals surface area contributed by atoms with Crippen LogP contribution < -0.4 is 5.73 Å². The molecule has 0 aromatic heterocycles. The lowest BCUT2D eigenvalue weighted by Gasteiger charge is -2.46. The molecule has 0 heterocycles. The fourth-order valence-electron chi connectivity index (χ4n) is 3.21. The Morgan fingerprint density at radius 3 is 2.07 bits per heavy atom. The summed E-state index contributed by atoms with van der Waals surface area (Å²) in [6, 6.07) is 0. The van der Waals surface area contributed by atoms with Crippen LogP contribution in [0.3, 0.4) is 0 Å². The molecule has 0 spiro atoms. The van der Waals surface area contributed by atoms with Crippen molar-refractivity contribution in [3.8, 4) is 0 Å². The number of rotatable bonds is 1. The van der Waals surface area contributed by atoms with Crippen molar-refractivity contribution < 1.29 is 5.11 Å². The lowest BCUT2D eigenvalue weighted by atomic mass is 9.68. The number of aliphatic hydroxyl groups is 1. The number of nitrogens with two attached hydrogens (primary N) is 1. The van der Waals surface area contributed by atoms with Crippen LogP contribution in [-0.2, 0) is 0 Å². The van der Waals surface area contributed by atoms with Crippen molar-refractivity contribution in [1.29, 1.82) is 0 Å². The Labute approximate surface area is 86.9 Å². The predicted octanol–water partition coefficient (Wildman–Crippen LogP) is 2.20. The van der Waals surface area contributed by atoms with E-state index in [1.165, 1.54) is 12.8 Å². The maximum absolute atomic E-state index is 10.6. The summed E-state index contributed by atoms with van der Waals surface area (Å²) in [5.41, 5.74) is 5.56. The highest BCUT2D eigenvalue weighted by atomic mass is 16.3. The van der Waals surface area contributed by atoms with E-state index in [0.29, 0.717) is 0 Å². The van der Waals surface area contributed by atoms with E-state index >= 15 is 0 Å². The summed E-state index contributed by atoms with van der Waals surface area (Å²) < 4.78 is 0. The third kappa shape index (κ3) is 1.59. The molecular weight excluding hydrogens is 174 g/mol. The van der Waals surface area contributed by atoms with E-state index in [1.807, 2.05) is 0 Å². The van der Waals surface area contributed by atoms with Gasteiger partial charge < -0.3 is 10.8 Å². The van der Waals surface area contributed by atoms with Gasteiger partial charge in [-0.3, -0.25) is 0 Å². The first-order valence-electron chi connectivity index (χ1n) is 6.07. The van der Waals surface area contributed by atoms with E-state index in [9.17, 15) is 5.11 Å². The summed E-state index contributed by atoms with van der Waals surface area (Å²) >= 11 is 0. The minimum absolute atomic E-state index is 0.257. The van der Waals surface area contributed by atoms with Crippen molar-refractivity contribution in [2.75, 3.05) is 0 Å². The fourth-order valence-corrected chi connectivity index (χ4v) is 3.21. The van der Waals surface area contributed by atoms with E-state index < -0.39 is 5.60 Å². The molecule has 2 heteroatoms. The van der Waals surface area contributed by atoms with Crippen molar-refractivity contribution in [2.24, 2.45) is 11.7 Å². The van der Waals surface area contributed by atoms with Crippen LogP contribution >= 0.6 is 0 Å². The van der Waals surface area contributed by atoms with E-state index in [0.717, 1.165) is 44.4 Å². The van der Waals surface area contributed by atoms with Gasteiger partial charge in [-0.15, -0.1) is 0 Å². The van der Waals surface area contributed by atoms with Crippen LogP contribution in [0.2, 0.25) is 0 Å². The molecule has 0 amide bonds. The van der Waals surface area contributed by atoms with Crippen molar-refractivity contribution in [1.82, 2.24) is 0 Å². The smallest absolute Gasteiger partial charge is 0.0826 e. The Morgan fingerprint density at radius 2 is 1.57 bits per heavy atom. The third-order valence-corrected chi connectivity index (χ3v) is 4.52. The Morgan fingerprint density at radius 1 is 1.07 bits per heavy atom. The molecule has 0 aromatic carbocycles. The zero-order chi connectivity index (χ0) is 10.2. The largest absolute Gasteiger partial charge is 0.388 e. The maximum atomic E-state index is 10.6. The zero-order valence-electron chi connectivity index (χ0n) is 9.26. The van der Waals surface area contributed by atoms with Gasteiger partial charge in [-0.25, -0.2) is 0 Å². The van der Waals surface area contributed by atoms with E-state index in [2.05, 4.69) is 6.92 Å². The van der Waals surface area contributed by atoms with Crippen LogP contribution in [0.5, 0.6) is 0 Å². The SMILES string of the molecule is CC1CCC(O)(C2(N)CCCC2)CC1. The molecule has 0 unspecified atom stereocenters. The summed E-state index contributed by atoms with van der Waals surface area (Å²) in [5.74, 6) is 0.778. The molecule has 82 valence electrons. The zero-order valence-corrected chi connectivity index (χ0v) is 9.26. The summed E-state index contributed by atoms with van der Waals surface area (Å²) in [5, 5.41) is 10.6. The second-order valence-electron chi connectivity index (χ2n) is 5.58. The number of hydrogen-bond donors (Lipinski definition) is 2. The summed E-state index contributed by atoms with van der Waals surface area (Å²) in [4.78, 5) is 0. The van der Waals surface area contributed by atoms with Crippen molar-refractivity contribution in [2.45, 2.75) is 69.4 Å². The minimum Gasteiger partial charge on any atom is -0.388 e. The van der Waals surface area contributed by atoms with Gasteiger partial charge in [-0.1, -0.05) is 19.8 Å². The molecule has 2 rings (SSSR count). The van der Waals surface area contributed by atoms with Gasteiger partial charge in [0.25, 0.3) is 0 Å². The molecule has 2 saturated carbocycles. The Kier molecular flexibility index (Phi) is 2.61. The van der Waals surface area contributed by atoms with E-state index in [4.69, 9.17) is 5.73 Å². The third-order valence-electron chi connectivity index (χ3n) is 4.52. The quantitative estimate of drug-likeness (QED) is 0.677. The summed E-state index contributed by atoms with van der Waals surface area (Å²) in [6.07, 6.45) is 8.60. The van der Waals surface area contributed by atoms with Crippen LogP contribution in [-0.4, -0.2) is 16.2 Å². The topological polar surface area (TPSA) is 46.2 Å². The molecule has 0 aliphatic heterocycles. The molecule has 14 heavy (non-hydrogen) atoms. The van der Waals surface area contributed by atoms with E-state index in [1.54, 1.807) is 0 Å². The monoisotopic (exact) mass is 197 g/mol. The molecule has 2 aliphatic rings. The van der Waals surface area contributed by atoms with E-state index in [-0.39, 0.29) is 5.54 Å². The molecule has 2 nitrogen and oxygen atoms in total. The summed E-state index contributed by atoms with van der Waals surface area (Å²) in [6.45, 7) is 2.28. The molecule has 0 aromatic rings. The fraction of sp³-hybridized carbons (Fsp3) is 1.00. The standard InChI is InChI=1S/C12H23NO/c1-10-4-8-12(14,9-5-10)11(13)6-2-3-7-11/h10,14H,2-9,13H2,1H3. The molecule has 0 saturated heterocycles. The molecule has 0 radical (unpaired) electrons. The van der Waals surface area contributed by atoms with Gasteiger partial charge in [0.05, 0.1) is 5.60 Å². The van der Waals surface area contributed by atoms with Crippen LogP contribution in [0.15, 0.2) is 0 Å². The van der Waals surface area contributed by atoms with Crippen LogP contribution in [0, 0.1) is 5.92 Å². The maximum Gasteiger partial charge on any atom is 0.0826 e. The Hall–Kier alpha value is -0.0800. The Balaban J connectivity index is 2.07. The van der Waals surface area contributed by atoms with Crippen LogP contribution in [0.1, 0.15) is 58.3 Å². The molecule has 3 N–H and O–H groups in total. The Bertz CT molecular complexity index is 200. The first-order valence-corrected chi connectivity index (χ1v) is 6.07. The van der Waals surface area contributed by atoms with Crippen LogP contribution in [0.4, 0.5) is 0 Å². The average Bonchev–Trinajstić information content (AvgIpc) is 2.60. The summed E-state index contributed by atoms with van der Waals surface area (Å²) in [7, 11) is 0. The molecular formula is C12H23NO. The highest BCUT2D eigenvalue weighted by Crippen LogP contribution is 2.45. The lowest BCUT2D eigenvalue weighted by molar-refractivity contribution is -0.0703. The first kappa shape index (κ1) is 10.4. The highest BCUT2D eigenvalue weighted by Gasteiger charge is 2.49. The first-order chi connectivity index (χ1) is 6.56. The molecule has 2 aliphatic carbocycles. The van der Waals surface area contributed by atoms with Gasteiger partial charge in [-0.2, -0.15) is 0 Å². The van der Waals surface area contributed by atoms with Crippen molar-refractivity contribution >= 4 is 0 Å². The van der Waals surface area contributed by atoms with Gasteiger partial charge in [0, 0.05) is 5.54 Å². The van der Waals surface area contributed by atoms with Gasteiger partial charge in [0.1, 0.15) is 0 Å².